The monoisotopic (exact) mass is 348 g/mol. The van der Waals surface area contributed by atoms with Gasteiger partial charge in [-0.1, -0.05) is 42.5 Å². The van der Waals surface area contributed by atoms with Crippen LogP contribution < -0.4 is 4.90 Å². The molecule has 0 fully saturated rings. The third kappa shape index (κ3) is 2.86. The molecule has 0 bridgehead atoms. The zero-order valence-corrected chi connectivity index (χ0v) is 14.2. The van der Waals surface area contributed by atoms with Crippen molar-refractivity contribution >= 4 is 11.5 Å². The maximum absolute atomic E-state index is 14.0. The highest BCUT2D eigenvalue weighted by Crippen LogP contribution is 2.31. The summed E-state index contributed by atoms with van der Waals surface area (Å²) in [6, 6.07) is 19.8. The topological polar surface area (TPSA) is 53.7 Å². The van der Waals surface area contributed by atoms with E-state index in [0.29, 0.717) is 18.0 Å². The van der Waals surface area contributed by atoms with Gasteiger partial charge in [0, 0.05) is 19.2 Å². The van der Waals surface area contributed by atoms with Crippen LogP contribution in [0.4, 0.5) is 10.2 Å². The van der Waals surface area contributed by atoms with Crippen LogP contribution in [0.3, 0.4) is 0 Å². The van der Waals surface area contributed by atoms with Gasteiger partial charge in [0.05, 0.1) is 0 Å². The van der Waals surface area contributed by atoms with Gasteiger partial charge in [-0.15, -0.1) is 5.10 Å². The standard InChI is InChI=1S/C20H17FN4O/c1-24(13-14-7-3-2-4-8-14)18-12-11-17-22-19(20(26)25(17)23-18)15-9-5-6-10-16(15)21/h2-12,26H,13H2,1H3. The van der Waals surface area contributed by atoms with Gasteiger partial charge in [0.25, 0.3) is 0 Å². The molecule has 0 aliphatic carbocycles. The van der Waals surface area contributed by atoms with Crippen LogP contribution in [-0.4, -0.2) is 26.8 Å². The first-order valence-electron chi connectivity index (χ1n) is 8.22. The lowest BCUT2D eigenvalue weighted by Gasteiger charge is -2.18. The third-order valence-corrected chi connectivity index (χ3v) is 4.22. The normalized spacial score (nSPS) is 11.0. The summed E-state index contributed by atoms with van der Waals surface area (Å²) >= 11 is 0. The number of aromatic nitrogens is 3. The molecule has 0 saturated heterocycles. The van der Waals surface area contributed by atoms with Gasteiger partial charge >= 0.3 is 0 Å². The molecule has 4 aromatic rings. The number of hydrogen-bond acceptors (Lipinski definition) is 4. The Hall–Kier alpha value is -3.41. The molecule has 130 valence electrons. The maximum atomic E-state index is 14.0. The van der Waals surface area contributed by atoms with E-state index in [9.17, 15) is 9.50 Å². The van der Waals surface area contributed by atoms with E-state index in [4.69, 9.17) is 0 Å². The van der Waals surface area contributed by atoms with Crippen molar-refractivity contribution in [2.45, 2.75) is 6.54 Å². The first-order chi connectivity index (χ1) is 12.6. The fraction of sp³-hybridized carbons (Fsp3) is 0.100. The molecule has 0 aliphatic heterocycles. The van der Waals surface area contributed by atoms with E-state index in [1.807, 2.05) is 48.3 Å². The third-order valence-electron chi connectivity index (χ3n) is 4.22. The number of imidazole rings is 1. The highest BCUT2D eigenvalue weighted by Gasteiger charge is 2.18. The number of halogens is 1. The van der Waals surface area contributed by atoms with E-state index in [-0.39, 0.29) is 17.1 Å². The van der Waals surface area contributed by atoms with Crippen molar-refractivity contribution in [3.8, 4) is 17.1 Å². The Morgan fingerprint density at radius 3 is 2.50 bits per heavy atom. The minimum Gasteiger partial charge on any atom is -0.492 e. The van der Waals surface area contributed by atoms with E-state index >= 15 is 0 Å². The summed E-state index contributed by atoms with van der Waals surface area (Å²) in [4.78, 5) is 6.29. The van der Waals surface area contributed by atoms with Gasteiger partial charge < -0.3 is 10.0 Å². The molecule has 26 heavy (non-hydrogen) atoms. The SMILES string of the molecule is CN(Cc1ccccc1)c1ccc2nc(-c3ccccc3F)c(O)n2n1. The Labute approximate surface area is 150 Å². The Bertz CT molecular complexity index is 1060. The molecule has 0 atom stereocenters. The molecular weight excluding hydrogens is 331 g/mol. The second-order valence-corrected chi connectivity index (χ2v) is 6.07. The van der Waals surface area contributed by atoms with Crippen molar-refractivity contribution in [2.24, 2.45) is 0 Å². The molecule has 6 heteroatoms. The number of rotatable bonds is 4. The molecule has 5 nitrogen and oxygen atoms in total. The van der Waals surface area contributed by atoms with E-state index in [2.05, 4.69) is 10.1 Å². The molecule has 0 unspecified atom stereocenters. The molecule has 1 N–H and O–H groups in total. The summed E-state index contributed by atoms with van der Waals surface area (Å²) in [6.07, 6.45) is 0. The molecule has 0 saturated carbocycles. The molecule has 0 aliphatic rings. The van der Waals surface area contributed by atoms with Crippen molar-refractivity contribution in [1.82, 2.24) is 14.6 Å². The molecule has 2 aromatic carbocycles. The minimum atomic E-state index is -0.437. The van der Waals surface area contributed by atoms with Gasteiger partial charge in [-0.3, -0.25) is 0 Å². The van der Waals surface area contributed by atoms with Crippen molar-refractivity contribution in [2.75, 3.05) is 11.9 Å². The minimum absolute atomic E-state index is 0.179. The fourth-order valence-electron chi connectivity index (χ4n) is 2.89. The number of aromatic hydroxyl groups is 1. The van der Waals surface area contributed by atoms with Crippen LogP contribution in [0.2, 0.25) is 0 Å². The summed E-state index contributed by atoms with van der Waals surface area (Å²) < 4.78 is 15.4. The maximum Gasteiger partial charge on any atom is 0.241 e. The zero-order valence-electron chi connectivity index (χ0n) is 14.2. The van der Waals surface area contributed by atoms with Crippen LogP contribution in [0.5, 0.6) is 5.88 Å². The molecule has 0 radical (unpaired) electrons. The van der Waals surface area contributed by atoms with Gasteiger partial charge in [-0.2, -0.15) is 4.52 Å². The average molecular weight is 348 g/mol. The second kappa shape index (κ2) is 6.48. The smallest absolute Gasteiger partial charge is 0.241 e. The van der Waals surface area contributed by atoms with Crippen molar-refractivity contribution in [1.29, 1.82) is 0 Å². The lowest BCUT2D eigenvalue weighted by molar-refractivity contribution is 0.440. The fourth-order valence-corrected chi connectivity index (χ4v) is 2.89. The molecule has 0 amide bonds. The van der Waals surface area contributed by atoms with Crippen molar-refractivity contribution < 1.29 is 9.50 Å². The largest absolute Gasteiger partial charge is 0.492 e. The van der Waals surface area contributed by atoms with Gasteiger partial charge in [0.2, 0.25) is 5.88 Å². The van der Waals surface area contributed by atoms with Crippen molar-refractivity contribution in [3.63, 3.8) is 0 Å². The van der Waals surface area contributed by atoms with E-state index in [1.165, 1.54) is 10.6 Å². The molecule has 0 spiro atoms. The van der Waals surface area contributed by atoms with Crippen LogP contribution in [0, 0.1) is 5.82 Å². The number of anilines is 1. The van der Waals surface area contributed by atoms with Crippen LogP contribution in [0.1, 0.15) is 5.56 Å². The summed E-state index contributed by atoms with van der Waals surface area (Å²) in [5.74, 6) is 0.0572. The van der Waals surface area contributed by atoms with Gasteiger partial charge in [0.1, 0.15) is 17.3 Å². The Morgan fingerprint density at radius 1 is 1.00 bits per heavy atom. The average Bonchev–Trinajstić information content (AvgIpc) is 2.99. The molecule has 4 rings (SSSR count). The second-order valence-electron chi connectivity index (χ2n) is 6.07. The van der Waals surface area contributed by atoms with Gasteiger partial charge in [0.15, 0.2) is 5.65 Å². The van der Waals surface area contributed by atoms with E-state index < -0.39 is 5.82 Å². The molecule has 2 aromatic heterocycles. The number of hydrogen-bond donors (Lipinski definition) is 1. The first-order valence-corrected chi connectivity index (χ1v) is 8.22. The van der Waals surface area contributed by atoms with E-state index in [1.54, 1.807) is 24.3 Å². The summed E-state index contributed by atoms with van der Waals surface area (Å²) in [6.45, 7) is 0.676. The Kier molecular flexibility index (Phi) is 4.01. The molecule has 2 heterocycles. The number of nitrogens with zero attached hydrogens (tertiary/aromatic N) is 4. The van der Waals surface area contributed by atoms with Crippen molar-refractivity contribution in [3.05, 3.63) is 78.1 Å². The van der Waals surface area contributed by atoms with Crippen LogP contribution in [-0.2, 0) is 6.54 Å². The summed E-state index contributed by atoms with van der Waals surface area (Å²) in [5, 5.41) is 15.0. The highest BCUT2D eigenvalue weighted by atomic mass is 19.1. The predicted molar refractivity (Wildman–Crippen MR) is 98.6 cm³/mol. The number of benzene rings is 2. The lowest BCUT2D eigenvalue weighted by atomic mass is 10.1. The van der Waals surface area contributed by atoms with Gasteiger partial charge in [-0.25, -0.2) is 9.37 Å². The zero-order chi connectivity index (χ0) is 18.1. The summed E-state index contributed by atoms with van der Waals surface area (Å²) in [7, 11) is 1.92. The predicted octanol–water partition coefficient (Wildman–Crippen LogP) is 3.88. The van der Waals surface area contributed by atoms with Crippen LogP contribution in [0.15, 0.2) is 66.7 Å². The highest BCUT2D eigenvalue weighted by molar-refractivity contribution is 5.69. The van der Waals surface area contributed by atoms with Crippen LogP contribution in [0.25, 0.3) is 16.9 Å². The quantitative estimate of drug-likeness (QED) is 0.608. The Balaban J connectivity index is 1.71. The Morgan fingerprint density at radius 2 is 1.73 bits per heavy atom. The van der Waals surface area contributed by atoms with E-state index in [0.717, 1.165) is 5.56 Å². The number of fused-ring (bicyclic) bond motifs is 1. The van der Waals surface area contributed by atoms with Gasteiger partial charge in [-0.05, 0) is 29.8 Å². The summed E-state index contributed by atoms with van der Waals surface area (Å²) in [5.41, 5.74) is 2.03. The lowest BCUT2D eigenvalue weighted by Crippen LogP contribution is -2.18. The first kappa shape index (κ1) is 16.1. The molecular formula is C20H17FN4O. The van der Waals surface area contributed by atoms with Crippen LogP contribution >= 0.6 is 0 Å².